The number of halogens is 1. The molecule has 1 spiro atoms. The van der Waals surface area contributed by atoms with Crippen LogP contribution in [-0.2, 0) is 15.1 Å². The minimum absolute atomic E-state index is 0.0444. The number of nitrogens with one attached hydrogen (secondary N) is 2. The highest BCUT2D eigenvalue weighted by molar-refractivity contribution is 6.31. The molecule has 1 amide bonds. The fourth-order valence-corrected chi connectivity index (χ4v) is 4.10. The number of piperidine rings is 1. The second-order valence-electron chi connectivity index (χ2n) is 7.33. The number of hydrogen-bond acceptors (Lipinski definition) is 3. The molecule has 0 bridgehead atoms. The lowest BCUT2D eigenvalue weighted by Crippen LogP contribution is -2.48. The van der Waals surface area contributed by atoms with Crippen LogP contribution in [0.5, 0.6) is 0 Å². The Labute approximate surface area is 142 Å². The van der Waals surface area contributed by atoms with Crippen LogP contribution < -0.4 is 10.6 Å². The van der Waals surface area contributed by atoms with E-state index in [1.165, 1.54) is 5.56 Å². The van der Waals surface area contributed by atoms with Crippen LogP contribution in [0.1, 0.15) is 56.4 Å². The minimum atomic E-state index is -0.477. The SMILES string of the molecule is CC(=O)NC(C)(C)[C@H]1OC2(CCNCC2)c2cc(Cl)c(C)cc21. The lowest BCUT2D eigenvalue weighted by atomic mass is 9.82. The summed E-state index contributed by atoms with van der Waals surface area (Å²) in [5.74, 6) is -0.0444. The Morgan fingerprint density at radius 2 is 2.04 bits per heavy atom. The van der Waals surface area contributed by atoms with Crippen molar-refractivity contribution in [2.45, 2.75) is 57.8 Å². The average molecular weight is 337 g/mol. The fraction of sp³-hybridized carbons (Fsp3) is 0.611. The highest BCUT2D eigenvalue weighted by Gasteiger charge is 2.50. The molecule has 0 saturated carbocycles. The summed E-state index contributed by atoms with van der Waals surface area (Å²) in [5, 5.41) is 7.22. The third-order valence-corrected chi connectivity index (χ3v) is 5.42. The summed E-state index contributed by atoms with van der Waals surface area (Å²) in [6.45, 7) is 9.46. The lowest BCUT2D eigenvalue weighted by molar-refractivity contribution is -0.134. The first-order valence-corrected chi connectivity index (χ1v) is 8.61. The highest BCUT2D eigenvalue weighted by atomic mass is 35.5. The Morgan fingerprint density at radius 3 is 2.65 bits per heavy atom. The Bertz CT molecular complexity index is 636. The molecule has 1 atom stereocenters. The number of carbonyl (C=O) groups is 1. The molecule has 4 nitrogen and oxygen atoms in total. The van der Waals surface area contributed by atoms with Gasteiger partial charge in [-0.15, -0.1) is 0 Å². The first kappa shape index (κ1) is 16.7. The van der Waals surface area contributed by atoms with Crippen molar-refractivity contribution in [2.24, 2.45) is 0 Å². The van der Waals surface area contributed by atoms with E-state index >= 15 is 0 Å². The number of benzene rings is 1. The van der Waals surface area contributed by atoms with E-state index in [1.54, 1.807) is 6.92 Å². The van der Waals surface area contributed by atoms with E-state index in [-0.39, 0.29) is 17.6 Å². The van der Waals surface area contributed by atoms with E-state index in [9.17, 15) is 4.79 Å². The van der Waals surface area contributed by atoms with Crippen molar-refractivity contribution >= 4 is 17.5 Å². The highest BCUT2D eigenvalue weighted by Crippen LogP contribution is 2.52. The number of aryl methyl sites for hydroxylation is 1. The Balaban J connectivity index is 2.08. The van der Waals surface area contributed by atoms with Gasteiger partial charge in [-0.1, -0.05) is 17.7 Å². The molecule has 2 N–H and O–H groups in total. The van der Waals surface area contributed by atoms with Crippen molar-refractivity contribution < 1.29 is 9.53 Å². The quantitative estimate of drug-likeness (QED) is 0.872. The summed E-state index contributed by atoms with van der Waals surface area (Å²) in [6.07, 6.45) is 1.67. The summed E-state index contributed by atoms with van der Waals surface area (Å²) in [4.78, 5) is 11.6. The van der Waals surface area contributed by atoms with Crippen LogP contribution in [0, 0.1) is 6.92 Å². The van der Waals surface area contributed by atoms with Crippen molar-refractivity contribution in [1.82, 2.24) is 10.6 Å². The van der Waals surface area contributed by atoms with E-state index in [0.717, 1.165) is 42.1 Å². The van der Waals surface area contributed by atoms with Gasteiger partial charge in [0.2, 0.25) is 5.91 Å². The molecule has 23 heavy (non-hydrogen) atoms. The van der Waals surface area contributed by atoms with Crippen LogP contribution in [0.3, 0.4) is 0 Å². The maximum absolute atomic E-state index is 11.6. The molecule has 0 aliphatic carbocycles. The Hall–Kier alpha value is -1.10. The molecular weight excluding hydrogens is 312 g/mol. The number of ether oxygens (including phenoxy) is 1. The molecule has 0 aromatic heterocycles. The van der Waals surface area contributed by atoms with Crippen LogP contribution in [0.2, 0.25) is 5.02 Å². The smallest absolute Gasteiger partial charge is 0.217 e. The molecule has 1 fully saturated rings. The summed E-state index contributed by atoms with van der Waals surface area (Å²) < 4.78 is 6.62. The number of hydrogen-bond donors (Lipinski definition) is 2. The predicted molar refractivity (Wildman–Crippen MR) is 91.7 cm³/mol. The lowest BCUT2D eigenvalue weighted by Gasteiger charge is -2.38. The number of carbonyl (C=O) groups excluding carboxylic acids is 1. The van der Waals surface area contributed by atoms with E-state index in [1.807, 2.05) is 20.8 Å². The van der Waals surface area contributed by atoms with Gasteiger partial charge in [0.15, 0.2) is 0 Å². The van der Waals surface area contributed by atoms with Crippen LogP contribution in [-0.4, -0.2) is 24.5 Å². The largest absolute Gasteiger partial charge is 0.360 e. The molecule has 2 aliphatic rings. The van der Waals surface area contributed by atoms with E-state index in [2.05, 4.69) is 22.8 Å². The van der Waals surface area contributed by atoms with Crippen LogP contribution in [0.15, 0.2) is 12.1 Å². The maximum Gasteiger partial charge on any atom is 0.217 e. The molecular formula is C18H25ClN2O2. The number of fused-ring (bicyclic) bond motifs is 2. The topological polar surface area (TPSA) is 50.4 Å². The van der Waals surface area contributed by atoms with Gasteiger partial charge in [0, 0.05) is 11.9 Å². The molecule has 1 saturated heterocycles. The normalized spacial score (nSPS) is 22.9. The van der Waals surface area contributed by atoms with Gasteiger partial charge in [-0.2, -0.15) is 0 Å². The summed E-state index contributed by atoms with van der Waals surface area (Å²) >= 11 is 6.40. The molecule has 1 aromatic rings. The minimum Gasteiger partial charge on any atom is -0.360 e. The van der Waals surface area contributed by atoms with Crippen molar-refractivity contribution in [3.05, 3.63) is 33.8 Å². The van der Waals surface area contributed by atoms with Crippen LogP contribution in [0.4, 0.5) is 0 Å². The van der Waals surface area contributed by atoms with Gasteiger partial charge in [0.25, 0.3) is 0 Å². The summed E-state index contributed by atoms with van der Waals surface area (Å²) in [6, 6.07) is 4.20. The maximum atomic E-state index is 11.6. The first-order valence-electron chi connectivity index (χ1n) is 8.23. The number of rotatable bonds is 2. The molecule has 1 aromatic carbocycles. The third kappa shape index (κ3) is 2.88. The van der Waals surface area contributed by atoms with Gasteiger partial charge >= 0.3 is 0 Å². The zero-order chi connectivity index (χ0) is 16.8. The monoisotopic (exact) mass is 336 g/mol. The zero-order valence-electron chi connectivity index (χ0n) is 14.3. The van der Waals surface area contributed by atoms with Gasteiger partial charge in [-0.3, -0.25) is 4.79 Å². The zero-order valence-corrected chi connectivity index (χ0v) is 15.0. The Morgan fingerprint density at radius 1 is 1.39 bits per heavy atom. The van der Waals surface area contributed by atoms with Crippen molar-refractivity contribution in [1.29, 1.82) is 0 Å². The summed E-state index contributed by atoms with van der Waals surface area (Å²) in [5.41, 5.74) is 2.63. The predicted octanol–water partition coefficient (Wildman–Crippen LogP) is 3.21. The molecule has 5 heteroatoms. The van der Waals surface area contributed by atoms with E-state index in [0.29, 0.717) is 0 Å². The Kier molecular flexibility index (Phi) is 4.20. The number of amides is 1. The van der Waals surface area contributed by atoms with Gasteiger partial charge in [-0.25, -0.2) is 0 Å². The molecule has 0 unspecified atom stereocenters. The van der Waals surface area contributed by atoms with Crippen LogP contribution in [0.25, 0.3) is 0 Å². The molecule has 126 valence electrons. The average Bonchev–Trinajstić information content (AvgIpc) is 2.74. The van der Waals surface area contributed by atoms with Gasteiger partial charge in [0.1, 0.15) is 6.10 Å². The van der Waals surface area contributed by atoms with Gasteiger partial charge < -0.3 is 15.4 Å². The molecule has 2 aliphatic heterocycles. The summed E-state index contributed by atoms with van der Waals surface area (Å²) in [7, 11) is 0. The molecule has 3 rings (SSSR count). The van der Waals surface area contributed by atoms with E-state index in [4.69, 9.17) is 16.3 Å². The van der Waals surface area contributed by atoms with Crippen LogP contribution >= 0.6 is 11.6 Å². The van der Waals surface area contributed by atoms with Gasteiger partial charge in [-0.05, 0) is 69.5 Å². The molecule has 0 radical (unpaired) electrons. The third-order valence-electron chi connectivity index (χ3n) is 5.01. The second kappa shape index (κ2) is 5.76. The van der Waals surface area contributed by atoms with Crippen molar-refractivity contribution in [2.75, 3.05) is 13.1 Å². The first-order chi connectivity index (χ1) is 10.8. The van der Waals surface area contributed by atoms with Crippen molar-refractivity contribution in [3.63, 3.8) is 0 Å². The second-order valence-corrected chi connectivity index (χ2v) is 7.74. The fourth-order valence-electron chi connectivity index (χ4n) is 3.94. The van der Waals surface area contributed by atoms with Gasteiger partial charge in [0.05, 0.1) is 11.1 Å². The van der Waals surface area contributed by atoms with E-state index < -0.39 is 5.54 Å². The standard InChI is InChI=1S/C18H25ClN2O2/c1-11-9-13-14(10-15(11)19)18(5-7-20-8-6-18)23-16(13)17(3,4)21-12(2)22/h9-10,16,20H,5-8H2,1-4H3,(H,21,22)/t16-/m0/s1. The van der Waals surface area contributed by atoms with Crippen molar-refractivity contribution in [3.8, 4) is 0 Å². The molecule has 2 heterocycles.